The number of hydrogen-bond acceptors (Lipinski definition) is 8. The zero-order valence-corrected chi connectivity index (χ0v) is 18.8. The molecule has 0 fully saturated rings. The van der Waals surface area contributed by atoms with Crippen molar-refractivity contribution in [3.63, 3.8) is 0 Å². The summed E-state index contributed by atoms with van der Waals surface area (Å²) in [7, 11) is -4.88. The average molecular weight is 508 g/mol. The fourth-order valence-electron chi connectivity index (χ4n) is 2.85. The molecule has 0 radical (unpaired) electrons. The van der Waals surface area contributed by atoms with Crippen LogP contribution in [0.5, 0.6) is 5.75 Å². The fraction of sp³-hybridized carbons (Fsp3) is 0.0526. The zero-order valence-electron chi connectivity index (χ0n) is 16.5. The maximum atomic E-state index is 12.2. The first-order valence-corrected chi connectivity index (χ1v) is 11.7. The third kappa shape index (κ3) is 5.46. The van der Waals surface area contributed by atoms with E-state index in [1.54, 1.807) is 24.3 Å². The van der Waals surface area contributed by atoms with E-state index in [1.165, 1.54) is 45.9 Å². The second-order valence-electron chi connectivity index (χ2n) is 6.51. The third-order valence-corrected chi connectivity index (χ3v) is 5.87. The first kappa shape index (κ1) is 22.7. The molecule has 0 bridgehead atoms. The van der Waals surface area contributed by atoms with Gasteiger partial charge in [0, 0.05) is 18.3 Å². The van der Waals surface area contributed by atoms with Crippen LogP contribution in [0.1, 0.15) is 15.4 Å². The maximum absolute atomic E-state index is 12.2. The Hall–Kier alpha value is -3.52. The first-order chi connectivity index (χ1) is 15.7. The number of hydrogen-bond donors (Lipinski definition) is 2. The van der Waals surface area contributed by atoms with Gasteiger partial charge in [-0.15, -0.1) is 16.4 Å². The van der Waals surface area contributed by atoms with Crippen LogP contribution in [-0.4, -0.2) is 38.4 Å². The van der Waals surface area contributed by atoms with Gasteiger partial charge in [0.2, 0.25) is 0 Å². The highest BCUT2D eigenvalue weighted by atomic mass is 35.5. The van der Waals surface area contributed by atoms with Gasteiger partial charge in [-0.05, 0) is 30.3 Å². The van der Waals surface area contributed by atoms with E-state index in [-0.39, 0.29) is 29.4 Å². The molecule has 0 spiro atoms. The van der Waals surface area contributed by atoms with Gasteiger partial charge in [0.25, 0.3) is 11.5 Å². The van der Waals surface area contributed by atoms with Crippen LogP contribution in [0.4, 0.5) is 0 Å². The summed E-state index contributed by atoms with van der Waals surface area (Å²) in [5.41, 5.74) is 0.432. The Bertz CT molecular complexity index is 1490. The molecule has 11 nitrogen and oxygen atoms in total. The molecule has 0 aliphatic carbocycles. The van der Waals surface area contributed by atoms with Crippen molar-refractivity contribution in [2.24, 2.45) is 0 Å². The topological polar surface area (TPSA) is 145 Å². The lowest BCUT2D eigenvalue weighted by Crippen LogP contribution is -2.21. The van der Waals surface area contributed by atoms with Gasteiger partial charge in [-0.3, -0.25) is 18.7 Å². The highest BCUT2D eigenvalue weighted by Gasteiger charge is 2.17. The summed E-state index contributed by atoms with van der Waals surface area (Å²) in [4.78, 5) is 24.7. The standard InChI is InChI=1S/C19H14ClN5O6S2/c20-17-7-6-16(32-17)19(27)21-10-12-11-25(23-22-12)14-5-4-13(9-15(14)31-33(28,29)30)24-8-2-1-3-18(24)26/h1-9,11H,10H2,(H,21,27)(H,28,29,30). The van der Waals surface area contributed by atoms with E-state index in [0.29, 0.717) is 20.6 Å². The van der Waals surface area contributed by atoms with Gasteiger partial charge in [0.15, 0.2) is 5.75 Å². The van der Waals surface area contributed by atoms with Gasteiger partial charge in [-0.25, -0.2) is 4.68 Å². The number of aromatic nitrogens is 4. The van der Waals surface area contributed by atoms with Crippen molar-refractivity contribution in [1.82, 2.24) is 24.9 Å². The molecule has 0 aliphatic heterocycles. The van der Waals surface area contributed by atoms with Crippen LogP contribution in [0.3, 0.4) is 0 Å². The Kier molecular flexibility index (Phi) is 6.29. The number of benzene rings is 1. The van der Waals surface area contributed by atoms with Crippen molar-refractivity contribution in [1.29, 1.82) is 0 Å². The van der Waals surface area contributed by atoms with E-state index in [2.05, 4.69) is 15.6 Å². The van der Waals surface area contributed by atoms with E-state index in [4.69, 9.17) is 15.8 Å². The van der Waals surface area contributed by atoms with Crippen LogP contribution in [0.25, 0.3) is 11.4 Å². The van der Waals surface area contributed by atoms with E-state index in [0.717, 1.165) is 11.3 Å². The molecule has 0 unspecified atom stereocenters. The van der Waals surface area contributed by atoms with Crippen LogP contribution in [0, 0.1) is 0 Å². The molecule has 1 aromatic carbocycles. The average Bonchev–Trinajstić information content (AvgIpc) is 3.40. The van der Waals surface area contributed by atoms with Gasteiger partial charge in [0.1, 0.15) is 11.4 Å². The molecule has 0 saturated heterocycles. The summed E-state index contributed by atoms with van der Waals surface area (Å²) < 4.78 is 39.6. The molecule has 33 heavy (non-hydrogen) atoms. The van der Waals surface area contributed by atoms with E-state index in [9.17, 15) is 22.6 Å². The largest absolute Gasteiger partial charge is 0.446 e. The molecule has 4 rings (SSSR count). The number of halogens is 1. The minimum absolute atomic E-state index is 0.0420. The molecule has 3 heterocycles. The summed E-state index contributed by atoms with van der Waals surface area (Å²) in [6, 6.07) is 12.0. The molecule has 1 amide bonds. The number of carbonyl (C=O) groups is 1. The summed E-state index contributed by atoms with van der Waals surface area (Å²) in [6.07, 6.45) is 2.94. The SMILES string of the molecule is O=C(NCc1cn(-c2ccc(-n3ccccc3=O)cc2OS(=O)(=O)O)nn1)c1ccc(Cl)s1. The van der Waals surface area contributed by atoms with Crippen LogP contribution in [0.15, 0.2) is 65.7 Å². The molecule has 14 heteroatoms. The Morgan fingerprint density at radius 2 is 2.03 bits per heavy atom. The number of carbonyl (C=O) groups excluding carboxylic acids is 1. The quantitative estimate of drug-likeness (QED) is 0.362. The normalized spacial score (nSPS) is 11.3. The smallest absolute Gasteiger partial charge is 0.359 e. The molecular formula is C19H14ClN5O6S2. The molecular weight excluding hydrogens is 494 g/mol. The van der Waals surface area contributed by atoms with Gasteiger partial charge >= 0.3 is 10.4 Å². The number of rotatable bonds is 7. The lowest BCUT2D eigenvalue weighted by atomic mass is 10.2. The van der Waals surface area contributed by atoms with Crippen molar-refractivity contribution >= 4 is 39.2 Å². The van der Waals surface area contributed by atoms with Crippen LogP contribution in [-0.2, 0) is 16.9 Å². The van der Waals surface area contributed by atoms with Crippen LogP contribution in [0.2, 0.25) is 4.34 Å². The van der Waals surface area contributed by atoms with Gasteiger partial charge in [0.05, 0.1) is 27.6 Å². The molecule has 4 aromatic rings. The van der Waals surface area contributed by atoms with Crippen molar-refractivity contribution in [3.8, 4) is 17.1 Å². The third-order valence-electron chi connectivity index (χ3n) is 4.25. The monoisotopic (exact) mass is 507 g/mol. The minimum atomic E-state index is -4.88. The van der Waals surface area contributed by atoms with Crippen molar-refractivity contribution in [3.05, 3.63) is 86.2 Å². The Morgan fingerprint density at radius 3 is 2.73 bits per heavy atom. The summed E-state index contributed by atoms with van der Waals surface area (Å²) >= 11 is 6.97. The van der Waals surface area contributed by atoms with Crippen molar-refractivity contribution < 1.29 is 21.9 Å². The van der Waals surface area contributed by atoms with Gasteiger partial charge < -0.3 is 9.50 Å². The highest BCUT2D eigenvalue weighted by Crippen LogP contribution is 2.27. The Labute approximate surface area is 195 Å². The number of pyridine rings is 1. The van der Waals surface area contributed by atoms with Crippen molar-refractivity contribution in [2.75, 3.05) is 0 Å². The molecule has 0 aliphatic rings. The van der Waals surface area contributed by atoms with Crippen LogP contribution >= 0.6 is 22.9 Å². The summed E-state index contributed by atoms with van der Waals surface area (Å²) in [5, 5.41) is 10.5. The molecule has 0 saturated carbocycles. The van der Waals surface area contributed by atoms with Gasteiger partial charge in [-0.2, -0.15) is 8.42 Å². The second kappa shape index (κ2) is 9.15. The maximum Gasteiger partial charge on any atom is 0.446 e. The second-order valence-corrected chi connectivity index (χ2v) is 9.25. The summed E-state index contributed by atoms with van der Waals surface area (Å²) in [5.74, 6) is -0.631. The van der Waals surface area contributed by atoms with E-state index >= 15 is 0 Å². The predicted molar refractivity (Wildman–Crippen MR) is 120 cm³/mol. The number of amides is 1. The highest BCUT2D eigenvalue weighted by molar-refractivity contribution is 7.81. The minimum Gasteiger partial charge on any atom is -0.359 e. The van der Waals surface area contributed by atoms with Crippen LogP contribution < -0.4 is 15.1 Å². The van der Waals surface area contributed by atoms with E-state index in [1.807, 2.05) is 0 Å². The van der Waals surface area contributed by atoms with Gasteiger partial charge in [-0.1, -0.05) is 22.9 Å². The lowest BCUT2D eigenvalue weighted by Gasteiger charge is -2.11. The molecule has 3 aromatic heterocycles. The Morgan fingerprint density at radius 1 is 1.21 bits per heavy atom. The number of nitrogens with one attached hydrogen (secondary N) is 1. The number of thiophene rings is 1. The van der Waals surface area contributed by atoms with Crippen molar-refractivity contribution in [2.45, 2.75) is 6.54 Å². The summed E-state index contributed by atoms with van der Waals surface area (Å²) in [6.45, 7) is 0.0420. The zero-order chi connectivity index (χ0) is 23.6. The lowest BCUT2D eigenvalue weighted by molar-refractivity contribution is 0.0954. The molecule has 2 N–H and O–H groups in total. The fourth-order valence-corrected chi connectivity index (χ4v) is 4.17. The molecule has 170 valence electrons. The first-order valence-electron chi connectivity index (χ1n) is 9.14. The number of nitrogens with zero attached hydrogens (tertiary/aromatic N) is 4. The Balaban J connectivity index is 1.61. The predicted octanol–water partition coefficient (Wildman–Crippen LogP) is 2.24. The van der Waals surface area contributed by atoms with E-state index < -0.39 is 10.4 Å². The molecule has 0 atom stereocenters.